The maximum atomic E-state index is 13.0. The van der Waals surface area contributed by atoms with E-state index in [4.69, 9.17) is 10.4 Å². The average Bonchev–Trinajstić information content (AvgIpc) is 2.28. The van der Waals surface area contributed by atoms with Crippen LogP contribution < -0.4 is 4.90 Å². The molecule has 1 aromatic rings. The van der Waals surface area contributed by atoms with Crippen molar-refractivity contribution < 1.29 is 18.7 Å². The van der Waals surface area contributed by atoms with Crippen molar-refractivity contribution in [2.45, 2.75) is 6.42 Å². The Bertz CT molecular complexity index is 457. The first-order valence-corrected chi connectivity index (χ1v) is 4.83. The maximum Gasteiger partial charge on any atom is 0.305 e. The molecule has 0 saturated carbocycles. The molecule has 0 aliphatic heterocycles. The average molecular weight is 240 g/mol. The van der Waals surface area contributed by atoms with Crippen LogP contribution in [0.2, 0.25) is 0 Å². The Kier molecular flexibility index (Phi) is 4.40. The lowest BCUT2D eigenvalue weighted by Gasteiger charge is -2.20. The second-order valence-electron chi connectivity index (χ2n) is 3.32. The minimum absolute atomic E-state index is 0.0635. The van der Waals surface area contributed by atoms with Gasteiger partial charge in [0.25, 0.3) is 0 Å². The van der Waals surface area contributed by atoms with Crippen LogP contribution in [0.1, 0.15) is 6.42 Å². The number of hydrogen-bond acceptors (Lipinski definition) is 3. The Balaban J connectivity index is 2.85. The van der Waals surface area contributed by atoms with Crippen LogP contribution in [0.25, 0.3) is 0 Å². The molecule has 17 heavy (non-hydrogen) atoms. The predicted molar refractivity (Wildman–Crippen MR) is 56.4 cm³/mol. The number of hydrogen-bond donors (Lipinski definition) is 1. The summed E-state index contributed by atoms with van der Waals surface area (Å²) in [6, 6.07) is 5.02. The summed E-state index contributed by atoms with van der Waals surface area (Å²) in [6.45, 7) is -0.0215. The molecule has 1 N–H and O–H groups in total. The Labute approximate surface area is 96.7 Å². The van der Waals surface area contributed by atoms with E-state index in [2.05, 4.69) is 0 Å². The minimum atomic E-state index is -1.03. The second kappa shape index (κ2) is 5.80. The fraction of sp³-hybridized carbons (Fsp3) is 0.273. The highest BCUT2D eigenvalue weighted by Gasteiger charge is 2.11. The normalized spacial score (nSPS) is 9.71. The summed E-state index contributed by atoms with van der Waals surface area (Å²) in [7, 11) is 0. The number of nitrogens with zero attached hydrogens (tertiary/aromatic N) is 2. The van der Waals surface area contributed by atoms with Gasteiger partial charge in [-0.05, 0) is 12.1 Å². The van der Waals surface area contributed by atoms with Crippen molar-refractivity contribution in [2.75, 3.05) is 18.0 Å². The van der Waals surface area contributed by atoms with E-state index in [1.54, 1.807) is 0 Å². The molecule has 0 bridgehead atoms. The zero-order valence-electron chi connectivity index (χ0n) is 8.86. The van der Waals surface area contributed by atoms with Gasteiger partial charge in [0.15, 0.2) is 11.6 Å². The molecular formula is C11H10F2N2O2. The van der Waals surface area contributed by atoms with Gasteiger partial charge in [-0.25, -0.2) is 8.78 Å². The van der Waals surface area contributed by atoms with E-state index in [0.29, 0.717) is 0 Å². The van der Waals surface area contributed by atoms with Gasteiger partial charge in [-0.15, -0.1) is 0 Å². The number of carboxylic acids is 1. The van der Waals surface area contributed by atoms with Crippen molar-refractivity contribution >= 4 is 11.7 Å². The Hall–Kier alpha value is -2.16. The number of benzene rings is 1. The summed E-state index contributed by atoms with van der Waals surface area (Å²) < 4.78 is 25.7. The number of carboxylic acid groups (broad SMARTS) is 1. The summed E-state index contributed by atoms with van der Waals surface area (Å²) in [4.78, 5) is 11.8. The summed E-state index contributed by atoms with van der Waals surface area (Å²) in [5.41, 5.74) is 0.284. The monoisotopic (exact) mass is 240 g/mol. The third kappa shape index (κ3) is 3.72. The number of rotatable bonds is 5. The molecule has 0 aliphatic carbocycles. The lowest BCUT2D eigenvalue weighted by Crippen LogP contribution is -2.26. The molecular weight excluding hydrogens is 230 g/mol. The molecule has 0 atom stereocenters. The van der Waals surface area contributed by atoms with E-state index < -0.39 is 17.6 Å². The molecule has 6 heteroatoms. The summed E-state index contributed by atoms with van der Waals surface area (Å²) in [5.74, 6) is -3.03. The molecule has 0 saturated heterocycles. The molecule has 90 valence electrons. The SMILES string of the molecule is N#CCN(CCC(=O)O)c1ccc(F)c(F)c1. The highest BCUT2D eigenvalue weighted by Crippen LogP contribution is 2.17. The van der Waals surface area contributed by atoms with E-state index in [9.17, 15) is 13.6 Å². The number of carbonyl (C=O) groups is 1. The van der Waals surface area contributed by atoms with Crippen molar-refractivity contribution in [3.8, 4) is 6.07 Å². The number of nitriles is 1. The maximum absolute atomic E-state index is 13.0. The Morgan fingerprint density at radius 1 is 1.41 bits per heavy atom. The molecule has 0 unspecified atom stereocenters. The molecule has 4 nitrogen and oxygen atoms in total. The first-order chi connectivity index (χ1) is 8.04. The van der Waals surface area contributed by atoms with Crippen LogP contribution in [-0.4, -0.2) is 24.2 Å². The molecule has 0 aliphatic rings. The van der Waals surface area contributed by atoms with Gasteiger partial charge in [0.1, 0.15) is 6.54 Å². The zero-order chi connectivity index (χ0) is 12.8. The third-order valence-electron chi connectivity index (χ3n) is 2.13. The van der Waals surface area contributed by atoms with E-state index in [1.807, 2.05) is 6.07 Å². The quantitative estimate of drug-likeness (QED) is 0.796. The highest BCUT2D eigenvalue weighted by molar-refractivity contribution is 5.67. The fourth-order valence-electron chi connectivity index (χ4n) is 1.30. The third-order valence-corrected chi connectivity index (χ3v) is 2.13. The van der Waals surface area contributed by atoms with Gasteiger partial charge >= 0.3 is 5.97 Å². The lowest BCUT2D eigenvalue weighted by atomic mass is 10.2. The second-order valence-corrected chi connectivity index (χ2v) is 3.32. The summed E-state index contributed by atoms with van der Waals surface area (Å²) >= 11 is 0. The molecule has 0 amide bonds. The van der Waals surface area contributed by atoms with Crippen LogP contribution >= 0.6 is 0 Å². The fourth-order valence-corrected chi connectivity index (χ4v) is 1.30. The van der Waals surface area contributed by atoms with Gasteiger partial charge in [0.05, 0.1) is 12.5 Å². The van der Waals surface area contributed by atoms with Crippen molar-refractivity contribution in [1.29, 1.82) is 5.26 Å². The first-order valence-electron chi connectivity index (χ1n) is 4.83. The number of anilines is 1. The largest absolute Gasteiger partial charge is 0.481 e. The predicted octanol–water partition coefficient (Wildman–Crippen LogP) is 1.77. The van der Waals surface area contributed by atoms with E-state index >= 15 is 0 Å². The van der Waals surface area contributed by atoms with Crippen LogP contribution in [0.5, 0.6) is 0 Å². The van der Waals surface area contributed by atoms with Crippen molar-refractivity contribution in [1.82, 2.24) is 0 Å². The molecule has 0 heterocycles. The first kappa shape index (κ1) is 12.9. The minimum Gasteiger partial charge on any atom is -0.481 e. The number of halogens is 2. The standard InChI is InChI=1S/C11H10F2N2O2/c12-9-2-1-8(7-10(9)13)15(6-4-14)5-3-11(16)17/h1-2,7H,3,5-6H2,(H,16,17). The van der Waals surface area contributed by atoms with Crippen LogP contribution in [-0.2, 0) is 4.79 Å². The van der Waals surface area contributed by atoms with Gasteiger partial charge in [-0.2, -0.15) is 5.26 Å². The number of aliphatic carboxylic acids is 1. The molecule has 0 radical (unpaired) electrons. The summed E-state index contributed by atoms with van der Waals surface area (Å²) in [5, 5.41) is 17.1. The Morgan fingerprint density at radius 2 is 2.12 bits per heavy atom. The molecule has 1 rings (SSSR count). The van der Waals surface area contributed by atoms with E-state index in [-0.39, 0.29) is 25.2 Å². The molecule has 0 aromatic heterocycles. The molecule has 1 aromatic carbocycles. The summed E-state index contributed by atoms with van der Waals surface area (Å²) in [6.07, 6.45) is -0.180. The highest BCUT2D eigenvalue weighted by atomic mass is 19.2. The van der Waals surface area contributed by atoms with E-state index in [1.165, 1.54) is 11.0 Å². The topological polar surface area (TPSA) is 64.3 Å². The van der Waals surface area contributed by atoms with Crippen LogP contribution in [0.3, 0.4) is 0 Å². The van der Waals surface area contributed by atoms with Gasteiger partial charge in [-0.1, -0.05) is 0 Å². The zero-order valence-corrected chi connectivity index (χ0v) is 8.86. The van der Waals surface area contributed by atoms with Gasteiger partial charge in [-0.3, -0.25) is 4.79 Å². The van der Waals surface area contributed by atoms with Crippen molar-refractivity contribution in [2.24, 2.45) is 0 Å². The van der Waals surface area contributed by atoms with Gasteiger partial charge in [0.2, 0.25) is 0 Å². The molecule has 0 spiro atoms. The lowest BCUT2D eigenvalue weighted by molar-refractivity contribution is -0.136. The van der Waals surface area contributed by atoms with Gasteiger partial charge in [0, 0.05) is 18.3 Å². The van der Waals surface area contributed by atoms with Crippen LogP contribution in [0.15, 0.2) is 18.2 Å². The van der Waals surface area contributed by atoms with Crippen molar-refractivity contribution in [3.63, 3.8) is 0 Å². The Morgan fingerprint density at radius 3 is 2.65 bits per heavy atom. The van der Waals surface area contributed by atoms with Crippen LogP contribution in [0, 0.1) is 23.0 Å². The van der Waals surface area contributed by atoms with E-state index in [0.717, 1.165) is 12.1 Å². The van der Waals surface area contributed by atoms with Crippen molar-refractivity contribution in [3.05, 3.63) is 29.8 Å². The van der Waals surface area contributed by atoms with Crippen LogP contribution in [0.4, 0.5) is 14.5 Å². The van der Waals surface area contributed by atoms with Gasteiger partial charge < -0.3 is 10.0 Å². The smallest absolute Gasteiger partial charge is 0.305 e. The molecule has 0 fully saturated rings.